The maximum atomic E-state index is 13.3. The number of aromatic nitrogens is 2. The van der Waals surface area contributed by atoms with E-state index in [-0.39, 0.29) is 11.9 Å². The minimum atomic E-state index is -0.251. The Hall–Kier alpha value is -1.24. The lowest BCUT2D eigenvalue weighted by Crippen LogP contribution is -2.37. The van der Waals surface area contributed by atoms with E-state index in [0.717, 1.165) is 30.9 Å². The number of nitrogens with one attached hydrogen (secondary N) is 1. The van der Waals surface area contributed by atoms with Crippen LogP contribution in [0.2, 0.25) is 0 Å². The van der Waals surface area contributed by atoms with Crippen LogP contribution in [-0.2, 0) is 11.3 Å². The van der Waals surface area contributed by atoms with E-state index in [1.54, 1.807) is 18.5 Å². The minimum Gasteiger partial charge on any atom is -0.371 e. The van der Waals surface area contributed by atoms with E-state index < -0.39 is 0 Å². The second-order valence-electron chi connectivity index (χ2n) is 4.84. The molecule has 6 heteroatoms. The number of halogens is 2. The molecule has 3 rings (SSSR count). The molecule has 1 aliphatic heterocycles. The molecular formula is C14H15BrFN3O. The van der Waals surface area contributed by atoms with Gasteiger partial charge in [0, 0.05) is 31.5 Å². The molecule has 1 N–H and O–H groups in total. The largest absolute Gasteiger partial charge is 0.371 e. The Morgan fingerprint density at radius 2 is 2.40 bits per heavy atom. The van der Waals surface area contributed by atoms with Crippen LogP contribution in [0.25, 0.3) is 0 Å². The predicted molar refractivity (Wildman–Crippen MR) is 76.7 cm³/mol. The van der Waals surface area contributed by atoms with Gasteiger partial charge < -0.3 is 9.72 Å². The zero-order chi connectivity index (χ0) is 13.9. The number of hydrogen-bond donors (Lipinski definition) is 1. The number of H-pyrrole nitrogens is 1. The van der Waals surface area contributed by atoms with Crippen LogP contribution in [0.4, 0.5) is 4.39 Å². The maximum Gasteiger partial charge on any atom is 0.137 e. The van der Waals surface area contributed by atoms with Crippen molar-refractivity contribution in [3.63, 3.8) is 0 Å². The molecule has 0 bridgehead atoms. The number of morpholine rings is 1. The van der Waals surface area contributed by atoms with Crippen molar-refractivity contribution in [2.75, 3.05) is 19.7 Å². The smallest absolute Gasteiger partial charge is 0.137 e. The number of imidazole rings is 1. The van der Waals surface area contributed by atoms with Gasteiger partial charge in [0.05, 0.1) is 23.5 Å². The second-order valence-corrected chi connectivity index (χ2v) is 5.70. The zero-order valence-electron chi connectivity index (χ0n) is 10.9. The van der Waals surface area contributed by atoms with Crippen LogP contribution >= 0.6 is 15.9 Å². The summed E-state index contributed by atoms with van der Waals surface area (Å²) in [5.74, 6) is -0.251. The molecule has 1 fully saturated rings. The number of nitrogens with zero attached hydrogens (tertiary/aromatic N) is 2. The third-order valence-corrected chi connectivity index (χ3v) is 4.02. The van der Waals surface area contributed by atoms with Gasteiger partial charge in [0.1, 0.15) is 5.82 Å². The first-order chi connectivity index (χ1) is 9.72. The topological polar surface area (TPSA) is 41.2 Å². The highest BCUT2D eigenvalue weighted by Crippen LogP contribution is 2.26. The average molecular weight is 340 g/mol. The number of aromatic amines is 1. The van der Waals surface area contributed by atoms with Crippen LogP contribution in [0, 0.1) is 5.82 Å². The van der Waals surface area contributed by atoms with Gasteiger partial charge in [-0.15, -0.1) is 0 Å². The van der Waals surface area contributed by atoms with Crippen LogP contribution in [0.15, 0.2) is 35.2 Å². The van der Waals surface area contributed by atoms with Crippen molar-refractivity contribution >= 4 is 15.9 Å². The van der Waals surface area contributed by atoms with Crippen LogP contribution in [0.3, 0.4) is 0 Å². The van der Waals surface area contributed by atoms with E-state index >= 15 is 0 Å². The number of benzene rings is 1. The fraction of sp³-hybridized carbons (Fsp3) is 0.357. The lowest BCUT2D eigenvalue weighted by atomic mass is 10.1. The zero-order valence-corrected chi connectivity index (χ0v) is 12.4. The lowest BCUT2D eigenvalue weighted by Gasteiger charge is -2.32. The summed E-state index contributed by atoms with van der Waals surface area (Å²) in [6.45, 7) is 3.17. The number of ether oxygens (including phenoxy) is 1. The molecule has 106 valence electrons. The van der Waals surface area contributed by atoms with Crippen molar-refractivity contribution in [3.05, 3.63) is 52.3 Å². The molecule has 0 aliphatic carbocycles. The molecule has 0 radical (unpaired) electrons. The molecule has 1 aromatic heterocycles. The molecule has 1 aromatic carbocycles. The first-order valence-corrected chi connectivity index (χ1v) is 7.28. The van der Waals surface area contributed by atoms with Crippen LogP contribution in [-0.4, -0.2) is 34.6 Å². The third kappa shape index (κ3) is 3.08. The Labute approximate surface area is 125 Å². The van der Waals surface area contributed by atoms with Crippen molar-refractivity contribution in [1.29, 1.82) is 0 Å². The van der Waals surface area contributed by atoms with E-state index in [1.807, 2.05) is 6.20 Å². The summed E-state index contributed by atoms with van der Waals surface area (Å²) in [4.78, 5) is 9.43. The van der Waals surface area contributed by atoms with Gasteiger partial charge in [-0.2, -0.15) is 0 Å². The molecule has 0 spiro atoms. The summed E-state index contributed by atoms with van der Waals surface area (Å²) >= 11 is 3.22. The van der Waals surface area contributed by atoms with E-state index in [0.29, 0.717) is 11.1 Å². The van der Waals surface area contributed by atoms with Gasteiger partial charge in [0.25, 0.3) is 0 Å². The number of hydrogen-bond acceptors (Lipinski definition) is 3. The summed E-state index contributed by atoms with van der Waals surface area (Å²) in [5, 5.41) is 0. The van der Waals surface area contributed by atoms with E-state index in [9.17, 15) is 4.39 Å². The minimum absolute atomic E-state index is 0.0245. The molecule has 2 heterocycles. The van der Waals surface area contributed by atoms with Gasteiger partial charge in [-0.05, 0) is 33.6 Å². The molecule has 1 aliphatic rings. The van der Waals surface area contributed by atoms with Gasteiger partial charge in [-0.25, -0.2) is 9.37 Å². The molecule has 0 amide bonds. The maximum absolute atomic E-state index is 13.3. The molecule has 20 heavy (non-hydrogen) atoms. The summed E-state index contributed by atoms with van der Waals surface area (Å²) in [6.07, 6.45) is 3.49. The van der Waals surface area contributed by atoms with Gasteiger partial charge >= 0.3 is 0 Å². The molecule has 0 saturated carbocycles. The summed E-state index contributed by atoms with van der Waals surface area (Å²) < 4.78 is 19.6. The molecule has 4 nitrogen and oxygen atoms in total. The lowest BCUT2D eigenvalue weighted by molar-refractivity contribution is -0.0333. The van der Waals surface area contributed by atoms with Gasteiger partial charge in [-0.1, -0.05) is 6.07 Å². The molecular weight excluding hydrogens is 325 g/mol. The molecule has 1 atom stereocenters. The Balaban J connectivity index is 1.69. The van der Waals surface area contributed by atoms with Gasteiger partial charge in [0.15, 0.2) is 0 Å². The number of rotatable bonds is 3. The Bertz CT molecular complexity index is 576. The van der Waals surface area contributed by atoms with Crippen LogP contribution < -0.4 is 0 Å². The van der Waals surface area contributed by atoms with Crippen LogP contribution in [0.1, 0.15) is 17.4 Å². The first-order valence-electron chi connectivity index (χ1n) is 6.48. The highest BCUT2D eigenvalue weighted by molar-refractivity contribution is 9.10. The van der Waals surface area contributed by atoms with Crippen molar-refractivity contribution in [3.8, 4) is 0 Å². The van der Waals surface area contributed by atoms with Crippen LogP contribution in [0.5, 0.6) is 0 Å². The van der Waals surface area contributed by atoms with E-state index in [1.165, 1.54) is 6.07 Å². The molecule has 2 aromatic rings. The first kappa shape index (κ1) is 13.7. The standard InChI is InChI=1S/C14H15BrFN3O/c15-12-5-10(1-2-13(12)16)14-8-19(3-4-20-14)7-11-6-17-9-18-11/h1-2,5-6,9,14H,3-4,7-8H2,(H,17,18)/t14-/m1/s1. The second kappa shape index (κ2) is 6.03. The monoisotopic (exact) mass is 339 g/mol. The van der Waals surface area contributed by atoms with Crippen molar-refractivity contribution in [2.45, 2.75) is 12.6 Å². The van der Waals surface area contributed by atoms with Gasteiger partial charge in [0.2, 0.25) is 0 Å². The Morgan fingerprint density at radius 3 is 3.15 bits per heavy atom. The highest BCUT2D eigenvalue weighted by Gasteiger charge is 2.22. The van der Waals surface area contributed by atoms with Gasteiger partial charge in [-0.3, -0.25) is 4.90 Å². The third-order valence-electron chi connectivity index (χ3n) is 3.41. The fourth-order valence-corrected chi connectivity index (χ4v) is 2.77. The van der Waals surface area contributed by atoms with E-state index in [4.69, 9.17) is 4.74 Å². The SMILES string of the molecule is Fc1ccc([C@H]2CN(Cc3cnc[nH]3)CCO2)cc1Br. The fourth-order valence-electron chi connectivity index (χ4n) is 2.37. The average Bonchev–Trinajstić information content (AvgIpc) is 2.95. The molecule has 0 unspecified atom stereocenters. The summed E-state index contributed by atoms with van der Waals surface area (Å²) in [7, 11) is 0. The van der Waals surface area contributed by atoms with Crippen molar-refractivity contribution in [2.24, 2.45) is 0 Å². The normalized spacial score (nSPS) is 20.2. The highest BCUT2D eigenvalue weighted by atomic mass is 79.9. The van der Waals surface area contributed by atoms with E-state index in [2.05, 4.69) is 30.8 Å². The van der Waals surface area contributed by atoms with Crippen molar-refractivity contribution in [1.82, 2.24) is 14.9 Å². The predicted octanol–water partition coefficient (Wildman–Crippen LogP) is 2.88. The molecule has 1 saturated heterocycles. The Morgan fingerprint density at radius 1 is 1.50 bits per heavy atom. The Kier molecular flexibility index (Phi) is 4.14. The quantitative estimate of drug-likeness (QED) is 0.934. The summed E-state index contributed by atoms with van der Waals surface area (Å²) in [6, 6.07) is 5.04. The van der Waals surface area contributed by atoms with Crippen molar-refractivity contribution < 1.29 is 9.13 Å². The summed E-state index contributed by atoms with van der Waals surface area (Å²) in [5.41, 5.74) is 2.08.